The molecular formula is C20H20N4O2S. The van der Waals surface area contributed by atoms with Crippen LogP contribution in [0.1, 0.15) is 29.0 Å². The van der Waals surface area contributed by atoms with Crippen molar-refractivity contribution in [3.8, 4) is 11.3 Å². The van der Waals surface area contributed by atoms with Gasteiger partial charge in [-0.05, 0) is 36.4 Å². The number of imidazole rings is 1. The van der Waals surface area contributed by atoms with Crippen molar-refractivity contribution in [3.63, 3.8) is 0 Å². The van der Waals surface area contributed by atoms with Crippen LogP contribution in [-0.4, -0.2) is 27.9 Å². The number of aromatic nitrogens is 2. The van der Waals surface area contributed by atoms with Gasteiger partial charge in [0.1, 0.15) is 5.82 Å². The van der Waals surface area contributed by atoms with Gasteiger partial charge in [0.15, 0.2) is 0 Å². The first-order chi connectivity index (χ1) is 13.2. The van der Waals surface area contributed by atoms with E-state index in [9.17, 15) is 9.59 Å². The number of hydrogen-bond donors (Lipinski definition) is 2. The van der Waals surface area contributed by atoms with E-state index in [2.05, 4.69) is 21.4 Å². The average Bonchev–Trinajstić information content (AvgIpc) is 3.36. The maximum Gasteiger partial charge on any atom is 0.252 e. The fourth-order valence-corrected chi connectivity index (χ4v) is 3.81. The quantitative estimate of drug-likeness (QED) is 0.713. The summed E-state index contributed by atoms with van der Waals surface area (Å²) < 4.78 is 2.21. The Balaban J connectivity index is 1.39. The summed E-state index contributed by atoms with van der Waals surface area (Å²) in [6, 6.07) is 9.35. The van der Waals surface area contributed by atoms with E-state index in [4.69, 9.17) is 4.98 Å². The Bertz CT molecular complexity index is 939. The number of nitrogens with zero attached hydrogens (tertiary/aromatic N) is 2. The normalized spacial score (nSPS) is 13.0. The minimum atomic E-state index is -0.264. The van der Waals surface area contributed by atoms with Crippen LogP contribution in [0.2, 0.25) is 0 Å². The van der Waals surface area contributed by atoms with Crippen molar-refractivity contribution in [2.75, 3.05) is 11.9 Å². The number of rotatable bonds is 5. The number of nitrogens with one attached hydrogen (secondary N) is 2. The second-order valence-electron chi connectivity index (χ2n) is 6.52. The molecule has 3 aromatic rings. The van der Waals surface area contributed by atoms with Crippen molar-refractivity contribution in [2.45, 2.75) is 25.8 Å². The Kier molecular flexibility index (Phi) is 5.02. The lowest BCUT2D eigenvalue weighted by Crippen LogP contribution is -2.32. The summed E-state index contributed by atoms with van der Waals surface area (Å²) in [5.74, 6) is 0.616. The van der Waals surface area contributed by atoms with Gasteiger partial charge in [-0.3, -0.25) is 9.59 Å². The van der Waals surface area contributed by atoms with E-state index in [1.807, 2.05) is 29.6 Å². The lowest BCUT2D eigenvalue weighted by atomic mass is 10.1. The van der Waals surface area contributed by atoms with E-state index in [0.29, 0.717) is 11.3 Å². The molecule has 3 heterocycles. The van der Waals surface area contributed by atoms with Crippen LogP contribution >= 0.6 is 11.3 Å². The van der Waals surface area contributed by atoms with Gasteiger partial charge in [0, 0.05) is 41.4 Å². The molecule has 4 rings (SSSR count). The van der Waals surface area contributed by atoms with E-state index in [0.717, 1.165) is 30.0 Å². The van der Waals surface area contributed by atoms with Crippen molar-refractivity contribution < 1.29 is 9.59 Å². The number of carbonyl (C=O) groups excluding carboxylic acids is 2. The Hall–Kier alpha value is -2.93. The van der Waals surface area contributed by atoms with Gasteiger partial charge in [-0.1, -0.05) is 12.1 Å². The van der Waals surface area contributed by atoms with Gasteiger partial charge < -0.3 is 15.2 Å². The highest BCUT2D eigenvalue weighted by molar-refractivity contribution is 7.08. The predicted octanol–water partition coefficient (Wildman–Crippen LogP) is 3.32. The molecule has 6 nitrogen and oxygen atoms in total. The monoisotopic (exact) mass is 380 g/mol. The standard InChI is InChI=1S/C20H20N4O2S/c25-19(11-21-20(26)15-7-9-27-13-15)22-16-5-3-4-14(10-16)17-12-24-8-2-1-6-18(24)23-17/h3-5,7,9-10,12-13H,1-2,6,8,11H2,(H,21,26)(H,22,25). The first-order valence-corrected chi connectivity index (χ1v) is 9.90. The third-order valence-corrected chi connectivity index (χ3v) is 5.23. The molecule has 1 aliphatic rings. The SMILES string of the molecule is O=C(CNC(=O)c1ccsc1)Nc1cccc(-c2cn3c(n2)CCCC3)c1. The van der Waals surface area contributed by atoms with E-state index in [1.165, 1.54) is 24.2 Å². The molecule has 0 spiro atoms. The van der Waals surface area contributed by atoms with Crippen molar-refractivity contribution in [1.82, 2.24) is 14.9 Å². The molecule has 0 fully saturated rings. The molecule has 138 valence electrons. The molecule has 7 heteroatoms. The molecule has 27 heavy (non-hydrogen) atoms. The van der Waals surface area contributed by atoms with Gasteiger partial charge in [-0.25, -0.2) is 4.98 Å². The van der Waals surface area contributed by atoms with Crippen LogP contribution in [0.15, 0.2) is 47.3 Å². The first kappa shape index (κ1) is 17.5. The number of carbonyl (C=O) groups is 2. The molecule has 2 amide bonds. The summed E-state index contributed by atoms with van der Waals surface area (Å²) in [5, 5.41) is 9.03. The van der Waals surface area contributed by atoms with Gasteiger partial charge >= 0.3 is 0 Å². The maximum absolute atomic E-state index is 12.2. The van der Waals surface area contributed by atoms with Crippen LogP contribution in [0.3, 0.4) is 0 Å². The number of thiophene rings is 1. The molecule has 0 aliphatic carbocycles. The Morgan fingerprint density at radius 3 is 2.96 bits per heavy atom. The van der Waals surface area contributed by atoms with Gasteiger partial charge in [0.2, 0.25) is 5.91 Å². The molecule has 2 N–H and O–H groups in total. The second kappa shape index (κ2) is 7.75. The zero-order valence-corrected chi connectivity index (χ0v) is 15.6. The Morgan fingerprint density at radius 2 is 2.15 bits per heavy atom. The highest BCUT2D eigenvalue weighted by Crippen LogP contribution is 2.24. The highest BCUT2D eigenvalue weighted by atomic mass is 32.1. The summed E-state index contributed by atoms with van der Waals surface area (Å²) in [6.45, 7) is 0.945. The third kappa shape index (κ3) is 4.09. The minimum absolute atomic E-state index is 0.0717. The lowest BCUT2D eigenvalue weighted by molar-refractivity contribution is -0.115. The topological polar surface area (TPSA) is 76.0 Å². The van der Waals surface area contributed by atoms with Crippen LogP contribution in [0.25, 0.3) is 11.3 Å². The summed E-state index contributed by atoms with van der Waals surface area (Å²) in [4.78, 5) is 28.8. The van der Waals surface area contributed by atoms with E-state index < -0.39 is 0 Å². The molecule has 0 saturated heterocycles. The number of benzene rings is 1. The average molecular weight is 380 g/mol. The number of aryl methyl sites for hydroxylation is 2. The van der Waals surface area contributed by atoms with Gasteiger partial charge in [-0.15, -0.1) is 0 Å². The fourth-order valence-electron chi connectivity index (χ4n) is 3.17. The fraction of sp³-hybridized carbons (Fsp3) is 0.250. The zero-order valence-electron chi connectivity index (χ0n) is 14.8. The van der Waals surface area contributed by atoms with Crippen LogP contribution < -0.4 is 10.6 Å². The van der Waals surface area contributed by atoms with E-state index in [1.54, 1.807) is 11.4 Å². The highest BCUT2D eigenvalue weighted by Gasteiger charge is 2.14. The molecule has 0 atom stereocenters. The van der Waals surface area contributed by atoms with Crippen LogP contribution in [0.5, 0.6) is 0 Å². The van der Waals surface area contributed by atoms with Gasteiger partial charge in [-0.2, -0.15) is 11.3 Å². The lowest BCUT2D eigenvalue weighted by Gasteiger charge is -2.11. The predicted molar refractivity (Wildman–Crippen MR) is 106 cm³/mol. The number of hydrogen-bond acceptors (Lipinski definition) is 4. The van der Waals surface area contributed by atoms with Crippen molar-refractivity contribution in [3.05, 3.63) is 58.7 Å². The van der Waals surface area contributed by atoms with Crippen molar-refractivity contribution in [2.24, 2.45) is 0 Å². The summed E-state index contributed by atoms with van der Waals surface area (Å²) in [5.41, 5.74) is 3.15. The molecule has 0 saturated carbocycles. The van der Waals surface area contributed by atoms with Crippen molar-refractivity contribution in [1.29, 1.82) is 0 Å². The Morgan fingerprint density at radius 1 is 1.22 bits per heavy atom. The summed E-state index contributed by atoms with van der Waals surface area (Å²) in [7, 11) is 0. The molecule has 2 aromatic heterocycles. The third-order valence-electron chi connectivity index (χ3n) is 4.54. The largest absolute Gasteiger partial charge is 0.343 e. The van der Waals surface area contributed by atoms with Gasteiger partial charge in [0.05, 0.1) is 12.2 Å². The molecule has 0 bridgehead atoms. The maximum atomic E-state index is 12.2. The molecular weight excluding hydrogens is 360 g/mol. The summed E-state index contributed by atoms with van der Waals surface area (Å²) in [6.07, 6.45) is 5.47. The van der Waals surface area contributed by atoms with Crippen LogP contribution in [-0.2, 0) is 17.8 Å². The Labute approximate surface area is 161 Å². The van der Waals surface area contributed by atoms with Gasteiger partial charge in [0.25, 0.3) is 5.91 Å². The zero-order chi connectivity index (χ0) is 18.6. The molecule has 0 radical (unpaired) electrons. The molecule has 1 aliphatic heterocycles. The minimum Gasteiger partial charge on any atom is -0.343 e. The first-order valence-electron chi connectivity index (χ1n) is 8.96. The summed E-state index contributed by atoms with van der Waals surface area (Å²) >= 11 is 1.44. The van der Waals surface area contributed by atoms with Crippen LogP contribution in [0, 0.1) is 0 Å². The second-order valence-corrected chi connectivity index (χ2v) is 7.30. The smallest absolute Gasteiger partial charge is 0.252 e. The van der Waals surface area contributed by atoms with Crippen LogP contribution in [0.4, 0.5) is 5.69 Å². The molecule has 0 unspecified atom stereocenters. The van der Waals surface area contributed by atoms with E-state index in [-0.39, 0.29) is 18.4 Å². The van der Waals surface area contributed by atoms with E-state index >= 15 is 0 Å². The number of amides is 2. The van der Waals surface area contributed by atoms with Crippen molar-refractivity contribution >= 4 is 28.8 Å². The number of anilines is 1. The molecule has 1 aromatic carbocycles. The number of fused-ring (bicyclic) bond motifs is 1.